The third kappa shape index (κ3) is 4.24. The molecule has 1 aromatic rings. The van der Waals surface area contributed by atoms with Crippen LogP contribution < -0.4 is 0 Å². The summed E-state index contributed by atoms with van der Waals surface area (Å²) in [5.41, 5.74) is 1.65. The van der Waals surface area contributed by atoms with Crippen molar-refractivity contribution in [1.82, 2.24) is 4.90 Å². The van der Waals surface area contributed by atoms with Crippen LogP contribution in [0.3, 0.4) is 0 Å². The topological polar surface area (TPSA) is 40.5 Å². The van der Waals surface area contributed by atoms with Crippen molar-refractivity contribution in [2.75, 3.05) is 13.1 Å². The summed E-state index contributed by atoms with van der Waals surface area (Å²) in [6.45, 7) is 0.0386. The predicted molar refractivity (Wildman–Crippen MR) is 71.8 cm³/mol. The minimum Gasteiger partial charge on any atom is -0.508 e. The predicted octanol–water partition coefficient (Wildman–Crippen LogP) is 3.05. The first kappa shape index (κ1) is 15.4. The number of rotatable bonds is 5. The Kier molecular flexibility index (Phi) is 4.55. The van der Waals surface area contributed by atoms with Crippen LogP contribution in [-0.2, 0) is 11.2 Å². The molecule has 1 aliphatic rings. The molecular weight excluding hydrogens is 283 g/mol. The van der Waals surface area contributed by atoms with E-state index in [2.05, 4.69) is 0 Å². The molecule has 3 nitrogen and oxygen atoms in total. The van der Waals surface area contributed by atoms with Crippen LogP contribution in [0.1, 0.15) is 18.4 Å². The molecule has 1 amide bonds. The first-order chi connectivity index (χ1) is 9.86. The fourth-order valence-corrected chi connectivity index (χ4v) is 2.10. The Hall–Kier alpha value is -1.98. The van der Waals surface area contributed by atoms with Gasteiger partial charge in [0.1, 0.15) is 5.75 Å². The standard InChI is InChI=1S/C15H16F3NO2/c16-15(17,18)14(21)19(10-12-2-1-3-12)9-8-11-4-6-13(20)7-5-11/h2,4-7,20H,1,3,8-10H2. The number of benzene rings is 1. The summed E-state index contributed by atoms with van der Waals surface area (Å²) in [5.74, 6) is -1.70. The Morgan fingerprint density at radius 2 is 1.86 bits per heavy atom. The third-order valence-corrected chi connectivity index (χ3v) is 3.43. The van der Waals surface area contributed by atoms with Crippen LogP contribution in [0, 0.1) is 0 Å². The van der Waals surface area contributed by atoms with Crippen LogP contribution in [0.25, 0.3) is 0 Å². The van der Waals surface area contributed by atoms with E-state index in [0.29, 0.717) is 6.42 Å². The maximum atomic E-state index is 12.6. The van der Waals surface area contributed by atoms with E-state index in [0.717, 1.165) is 28.9 Å². The highest BCUT2D eigenvalue weighted by Crippen LogP contribution is 2.24. The van der Waals surface area contributed by atoms with Crippen LogP contribution in [-0.4, -0.2) is 35.2 Å². The Balaban J connectivity index is 2.01. The lowest BCUT2D eigenvalue weighted by Crippen LogP contribution is -2.43. The van der Waals surface area contributed by atoms with Gasteiger partial charge in [-0.25, -0.2) is 0 Å². The molecule has 0 unspecified atom stereocenters. The van der Waals surface area contributed by atoms with Crippen molar-refractivity contribution in [3.8, 4) is 5.75 Å². The van der Waals surface area contributed by atoms with E-state index >= 15 is 0 Å². The first-order valence-corrected chi connectivity index (χ1v) is 6.68. The maximum absolute atomic E-state index is 12.6. The largest absolute Gasteiger partial charge is 0.508 e. The molecule has 1 aliphatic carbocycles. The second-order valence-electron chi connectivity index (χ2n) is 5.04. The van der Waals surface area contributed by atoms with Crippen molar-refractivity contribution in [2.24, 2.45) is 0 Å². The summed E-state index contributed by atoms with van der Waals surface area (Å²) in [6, 6.07) is 6.21. The molecule has 0 saturated heterocycles. The number of phenolic OH excluding ortho intramolecular Hbond substituents is 1. The van der Waals surface area contributed by atoms with Crippen LogP contribution in [0.4, 0.5) is 13.2 Å². The summed E-state index contributed by atoms with van der Waals surface area (Å²) in [4.78, 5) is 12.3. The number of hydrogen-bond acceptors (Lipinski definition) is 2. The van der Waals surface area contributed by atoms with E-state index in [9.17, 15) is 18.0 Å². The van der Waals surface area contributed by atoms with Crippen molar-refractivity contribution in [1.29, 1.82) is 0 Å². The van der Waals surface area contributed by atoms with Gasteiger partial charge in [-0.05, 0) is 37.0 Å². The molecule has 6 heteroatoms. The van der Waals surface area contributed by atoms with E-state index in [1.54, 1.807) is 12.1 Å². The Labute approximate surface area is 120 Å². The Bertz CT molecular complexity index is 535. The van der Waals surface area contributed by atoms with Gasteiger partial charge in [0, 0.05) is 13.1 Å². The average Bonchev–Trinajstić information content (AvgIpc) is 2.37. The number of alkyl halides is 3. The molecular formula is C15H16F3NO2. The quantitative estimate of drug-likeness (QED) is 0.849. The monoisotopic (exact) mass is 299 g/mol. The van der Waals surface area contributed by atoms with E-state index in [1.807, 2.05) is 6.08 Å². The summed E-state index contributed by atoms with van der Waals surface area (Å²) in [7, 11) is 0. The van der Waals surface area contributed by atoms with E-state index in [4.69, 9.17) is 5.11 Å². The van der Waals surface area contributed by atoms with Crippen LogP contribution >= 0.6 is 0 Å². The zero-order valence-corrected chi connectivity index (χ0v) is 11.4. The lowest BCUT2D eigenvalue weighted by Gasteiger charge is -2.27. The molecule has 114 valence electrons. The number of carbonyl (C=O) groups excluding carboxylic acids is 1. The van der Waals surface area contributed by atoms with Gasteiger partial charge in [0.2, 0.25) is 0 Å². The van der Waals surface area contributed by atoms with Gasteiger partial charge in [-0.15, -0.1) is 0 Å². The number of hydrogen-bond donors (Lipinski definition) is 1. The molecule has 2 rings (SSSR count). The van der Waals surface area contributed by atoms with Crippen molar-refractivity contribution in [3.63, 3.8) is 0 Å². The van der Waals surface area contributed by atoms with Gasteiger partial charge < -0.3 is 10.0 Å². The summed E-state index contributed by atoms with van der Waals surface area (Å²) in [6.07, 6.45) is -1.06. The number of nitrogens with zero attached hydrogens (tertiary/aromatic N) is 1. The normalized spacial score (nSPS) is 14.3. The van der Waals surface area contributed by atoms with Crippen molar-refractivity contribution in [3.05, 3.63) is 41.5 Å². The smallest absolute Gasteiger partial charge is 0.471 e. The molecule has 21 heavy (non-hydrogen) atoms. The molecule has 0 atom stereocenters. The molecule has 0 saturated carbocycles. The Morgan fingerprint density at radius 3 is 2.33 bits per heavy atom. The minimum absolute atomic E-state index is 0.000455. The molecule has 0 heterocycles. The number of halogens is 3. The summed E-state index contributed by atoms with van der Waals surface area (Å²) in [5, 5.41) is 9.17. The van der Waals surface area contributed by atoms with Crippen LogP contribution in [0.5, 0.6) is 5.75 Å². The third-order valence-electron chi connectivity index (χ3n) is 3.43. The maximum Gasteiger partial charge on any atom is 0.471 e. The molecule has 0 spiro atoms. The number of carbonyl (C=O) groups is 1. The average molecular weight is 299 g/mol. The van der Waals surface area contributed by atoms with Crippen molar-refractivity contribution < 1.29 is 23.1 Å². The fraction of sp³-hybridized carbons (Fsp3) is 0.400. The van der Waals surface area contributed by atoms with Gasteiger partial charge in [-0.1, -0.05) is 23.8 Å². The highest BCUT2D eigenvalue weighted by molar-refractivity contribution is 5.82. The molecule has 0 aliphatic heterocycles. The van der Waals surface area contributed by atoms with Gasteiger partial charge in [0.05, 0.1) is 0 Å². The molecule has 0 fully saturated rings. The van der Waals surface area contributed by atoms with Crippen molar-refractivity contribution >= 4 is 5.91 Å². The van der Waals surface area contributed by atoms with Crippen LogP contribution in [0.15, 0.2) is 35.9 Å². The number of allylic oxidation sites excluding steroid dienone is 1. The first-order valence-electron chi connectivity index (χ1n) is 6.68. The lowest BCUT2D eigenvalue weighted by molar-refractivity contribution is -0.185. The molecule has 1 aromatic carbocycles. The van der Waals surface area contributed by atoms with Crippen LogP contribution in [0.2, 0.25) is 0 Å². The lowest BCUT2D eigenvalue weighted by atomic mass is 9.98. The number of aromatic hydroxyl groups is 1. The van der Waals surface area contributed by atoms with Gasteiger partial charge in [0.25, 0.3) is 0 Å². The number of phenols is 1. The number of amides is 1. The Morgan fingerprint density at radius 1 is 1.24 bits per heavy atom. The van der Waals surface area contributed by atoms with Gasteiger partial charge in [0.15, 0.2) is 0 Å². The van der Waals surface area contributed by atoms with E-state index in [1.165, 1.54) is 12.1 Å². The van der Waals surface area contributed by atoms with Gasteiger partial charge in [-0.3, -0.25) is 4.79 Å². The van der Waals surface area contributed by atoms with E-state index in [-0.39, 0.29) is 18.8 Å². The van der Waals surface area contributed by atoms with Gasteiger partial charge in [-0.2, -0.15) is 13.2 Å². The molecule has 0 bridgehead atoms. The fourth-order valence-electron chi connectivity index (χ4n) is 2.10. The minimum atomic E-state index is -4.85. The molecule has 0 radical (unpaired) electrons. The molecule has 1 N–H and O–H groups in total. The van der Waals surface area contributed by atoms with E-state index < -0.39 is 12.1 Å². The summed E-state index contributed by atoms with van der Waals surface area (Å²) < 4.78 is 37.8. The zero-order chi connectivity index (χ0) is 15.5. The second-order valence-corrected chi connectivity index (χ2v) is 5.04. The SMILES string of the molecule is O=C(N(CCc1ccc(O)cc1)CC1=CCC1)C(F)(F)F. The highest BCUT2D eigenvalue weighted by Gasteiger charge is 2.42. The van der Waals surface area contributed by atoms with Crippen molar-refractivity contribution in [2.45, 2.75) is 25.4 Å². The summed E-state index contributed by atoms with van der Waals surface area (Å²) >= 11 is 0. The zero-order valence-electron chi connectivity index (χ0n) is 11.4. The second kappa shape index (κ2) is 6.20. The van der Waals surface area contributed by atoms with Gasteiger partial charge >= 0.3 is 12.1 Å². The highest BCUT2D eigenvalue weighted by atomic mass is 19.4. The molecule has 0 aromatic heterocycles.